The summed E-state index contributed by atoms with van der Waals surface area (Å²) in [4.78, 5) is 14.4. The molecule has 0 unspecified atom stereocenters. The third kappa shape index (κ3) is 5.07. The summed E-state index contributed by atoms with van der Waals surface area (Å²) in [7, 11) is -0.574. The van der Waals surface area contributed by atoms with E-state index in [9.17, 15) is 4.79 Å². The molecule has 5 heteroatoms. The Morgan fingerprint density at radius 1 is 1.37 bits per heavy atom. The van der Waals surface area contributed by atoms with E-state index in [1.165, 1.54) is 0 Å². The van der Waals surface area contributed by atoms with Crippen molar-refractivity contribution in [1.82, 2.24) is 0 Å². The highest BCUT2D eigenvalue weighted by Gasteiger charge is 2.54. The Labute approximate surface area is 118 Å². The number of rotatable bonds is 7. The second-order valence-corrected chi connectivity index (χ2v) is 9.96. The standard InChI is InChI=1S/C14H27NO3Si/c1-12(2,3)19-18-13(4,5)14(6-7-14)8-9-15-10-11(16)17/h9H,6-8,10,19H2,1-5H3,(H,16,17). The van der Waals surface area contributed by atoms with Crippen molar-refractivity contribution in [2.24, 2.45) is 10.4 Å². The van der Waals surface area contributed by atoms with Gasteiger partial charge >= 0.3 is 5.97 Å². The molecule has 0 aromatic rings. The summed E-state index contributed by atoms with van der Waals surface area (Å²) in [5, 5.41) is 8.86. The topological polar surface area (TPSA) is 58.9 Å². The highest BCUT2D eigenvalue weighted by atomic mass is 28.2. The summed E-state index contributed by atoms with van der Waals surface area (Å²) in [5.41, 5.74) is 0.0506. The molecule has 110 valence electrons. The van der Waals surface area contributed by atoms with Gasteiger partial charge in [-0.15, -0.1) is 0 Å². The van der Waals surface area contributed by atoms with Crippen molar-refractivity contribution >= 4 is 21.9 Å². The minimum Gasteiger partial charge on any atom is -0.480 e. The van der Waals surface area contributed by atoms with Crippen molar-refractivity contribution in [1.29, 1.82) is 0 Å². The molecule has 0 aromatic carbocycles. The van der Waals surface area contributed by atoms with Crippen LogP contribution in [0.2, 0.25) is 5.04 Å². The average molecular weight is 285 g/mol. The molecule has 0 aliphatic heterocycles. The first-order valence-electron chi connectivity index (χ1n) is 6.92. The van der Waals surface area contributed by atoms with Crippen molar-refractivity contribution in [3.63, 3.8) is 0 Å². The zero-order valence-corrected chi connectivity index (χ0v) is 14.2. The lowest BCUT2D eigenvalue weighted by molar-refractivity contribution is -0.135. The van der Waals surface area contributed by atoms with Gasteiger partial charge in [-0.2, -0.15) is 0 Å². The van der Waals surface area contributed by atoms with Crippen LogP contribution in [0.15, 0.2) is 4.99 Å². The predicted octanol–water partition coefficient (Wildman–Crippen LogP) is 2.41. The first-order chi connectivity index (χ1) is 8.58. The SMILES string of the molecule is CC(C)(C)[SiH2]OC(C)(C)C1(CC=NCC(=O)O)CC1. The Balaban J connectivity index is 2.51. The molecular formula is C14H27NO3Si. The normalized spacial score (nSPS) is 19.4. The van der Waals surface area contributed by atoms with Crippen molar-refractivity contribution in [2.45, 2.75) is 64.5 Å². The third-order valence-electron chi connectivity index (χ3n) is 3.83. The van der Waals surface area contributed by atoms with Gasteiger partial charge in [0.05, 0.1) is 5.60 Å². The summed E-state index contributed by atoms with van der Waals surface area (Å²) in [6.07, 6.45) is 4.89. The van der Waals surface area contributed by atoms with E-state index in [0.29, 0.717) is 5.04 Å². The van der Waals surface area contributed by atoms with Gasteiger partial charge in [-0.3, -0.25) is 9.79 Å². The van der Waals surface area contributed by atoms with Gasteiger partial charge in [0.2, 0.25) is 0 Å². The van der Waals surface area contributed by atoms with E-state index in [0.717, 1.165) is 19.3 Å². The van der Waals surface area contributed by atoms with Crippen LogP contribution in [0.25, 0.3) is 0 Å². The van der Waals surface area contributed by atoms with Gasteiger partial charge < -0.3 is 9.53 Å². The summed E-state index contributed by atoms with van der Waals surface area (Å²) in [5.74, 6) is -0.878. The first kappa shape index (κ1) is 16.4. The molecular weight excluding hydrogens is 258 g/mol. The molecule has 1 aliphatic carbocycles. The van der Waals surface area contributed by atoms with Gasteiger partial charge in [0.15, 0.2) is 9.76 Å². The fraction of sp³-hybridized carbons (Fsp3) is 0.857. The molecule has 1 aliphatic rings. The van der Waals surface area contributed by atoms with Gasteiger partial charge in [-0.25, -0.2) is 0 Å². The van der Waals surface area contributed by atoms with Crippen molar-refractivity contribution in [2.75, 3.05) is 6.54 Å². The number of aliphatic carboxylic acids is 1. The number of aliphatic imine (C=N–C) groups is 1. The monoisotopic (exact) mass is 285 g/mol. The van der Waals surface area contributed by atoms with Crippen LogP contribution in [-0.4, -0.2) is 39.2 Å². The number of carbonyl (C=O) groups is 1. The molecule has 4 nitrogen and oxygen atoms in total. The summed E-state index contributed by atoms with van der Waals surface area (Å²) >= 11 is 0. The van der Waals surface area contributed by atoms with E-state index in [1.54, 1.807) is 6.21 Å². The van der Waals surface area contributed by atoms with Crippen LogP contribution in [0.1, 0.15) is 53.9 Å². The largest absolute Gasteiger partial charge is 0.480 e. The van der Waals surface area contributed by atoms with Gasteiger partial charge in [0.25, 0.3) is 0 Å². The Bertz CT molecular complexity index is 354. The Kier molecular flexibility index (Phi) is 4.95. The van der Waals surface area contributed by atoms with Crippen LogP contribution >= 0.6 is 0 Å². The predicted molar refractivity (Wildman–Crippen MR) is 80.7 cm³/mol. The fourth-order valence-corrected chi connectivity index (χ4v) is 3.23. The third-order valence-corrected chi connectivity index (χ3v) is 5.57. The molecule has 0 radical (unpaired) electrons. The maximum absolute atomic E-state index is 10.4. The molecule has 0 amide bonds. The molecule has 19 heavy (non-hydrogen) atoms. The smallest absolute Gasteiger partial charge is 0.325 e. The zero-order valence-electron chi connectivity index (χ0n) is 12.8. The van der Waals surface area contributed by atoms with Crippen LogP contribution in [0, 0.1) is 5.41 Å². The highest BCUT2D eigenvalue weighted by molar-refractivity contribution is 6.31. The average Bonchev–Trinajstić information content (AvgIpc) is 3.02. The van der Waals surface area contributed by atoms with E-state index in [4.69, 9.17) is 9.53 Å². The molecule has 0 aromatic heterocycles. The number of nitrogens with zero attached hydrogens (tertiary/aromatic N) is 1. The van der Waals surface area contributed by atoms with E-state index in [2.05, 4.69) is 39.6 Å². The lowest BCUT2D eigenvalue weighted by Gasteiger charge is -2.37. The maximum Gasteiger partial charge on any atom is 0.325 e. The van der Waals surface area contributed by atoms with Gasteiger partial charge in [-0.05, 0) is 38.1 Å². The Hall–Kier alpha value is -0.683. The zero-order chi connectivity index (χ0) is 14.7. The minimum absolute atomic E-state index is 0.123. The Morgan fingerprint density at radius 3 is 2.37 bits per heavy atom. The first-order valence-corrected chi connectivity index (χ1v) is 8.21. The molecule has 0 atom stereocenters. The summed E-state index contributed by atoms with van der Waals surface area (Å²) < 4.78 is 6.26. The maximum atomic E-state index is 10.4. The lowest BCUT2D eigenvalue weighted by Crippen LogP contribution is -2.39. The molecule has 0 heterocycles. The summed E-state index contributed by atoms with van der Waals surface area (Å²) in [6, 6.07) is 0. The molecule has 1 rings (SSSR count). The second-order valence-electron chi connectivity index (χ2n) is 7.26. The van der Waals surface area contributed by atoms with Gasteiger partial charge in [-0.1, -0.05) is 20.8 Å². The van der Waals surface area contributed by atoms with E-state index in [1.807, 2.05) is 0 Å². The molecule has 0 spiro atoms. The highest BCUT2D eigenvalue weighted by Crippen LogP contribution is 2.57. The molecule has 1 fully saturated rings. The summed E-state index contributed by atoms with van der Waals surface area (Å²) in [6.45, 7) is 10.9. The number of carboxylic acids is 1. The van der Waals surface area contributed by atoms with Crippen LogP contribution < -0.4 is 0 Å². The van der Waals surface area contributed by atoms with Gasteiger partial charge in [0, 0.05) is 11.6 Å². The van der Waals surface area contributed by atoms with Crippen molar-refractivity contribution in [3.8, 4) is 0 Å². The van der Waals surface area contributed by atoms with Crippen LogP contribution in [0.5, 0.6) is 0 Å². The van der Waals surface area contributed by atoms with Crippen LogP contribution in [0.3, 0.4) is 0 Å². The molecule has 0 bridgehead atoms. The van der Waals surface area contributed by atoms with E-state index >= 15 is 0 Å². The number of carboxylic acid groups (broad SMARTS) is 1. The van der Waals surface area contributed by atoms with Gasteiger partial charge in [0.1, 0.15) is 6.54 Å². The van der Waals surface area contributed by atoms with Crippen molar-refractivity contribution < 1.29 is 14.3 Å². The quantitative estimate of drug-likeness (QED) is 0.577. The van der Waals surface area contributed by atoms with Crippen LogP contribution in [0.4, 0.5) is 0 Å². The molecule has 0 saturated heterocycles. The van der Waals surface area contributed by atoms with Crippen molar-refractivity contribution in [3.05, 3.63) is 0 Å². The van der Waals surface area contributed by atoms with Crippen LogP contribution in [-0.2, 0) is 9.22 Å². The lowest BCUT2D eigenvalue weighted by atomic mass is 9.85. The van der Waals surface area contributed by atoms with E-state index < -0.39 is 15.7 Å². The number of hydrogen-bond donors (Lipinski definition) is 1. The van der Waals surface area contributed by atoms with E-state index in [-0.39, 0.29) is 17.6 Å². The number of hydrogen-bond acceptors (Lipinski definition) is 3. The minimum atomic E-state index is -0.878. The molecule has 1 saturated carbocycles. The molecule has 1 N–H and O–H groups in total. The second kappa shape index (κ2) is 5.75. The Morgan fingerprint density at radius 2 is 1.95 bits per heavy atom. The fourth-order valence-electron chi connectivity index (χ4n) is 2.13.